The van der Waals surface area contributed by atoms with Crippen LogP contribution in [0, 0.1) is 11.8 Å². The maximum atomic E-state index is 2.47. The van der Waals surface area contributed by atoms with Gasteiger partial charge in [-0.3, -0.25) is 0 Å². The van der Waals surface area contributed by atoms with Gasteiger partial charge in [-0.25, -0.2) is 0 Å². The Hall–Kier alpha value is -1.04. The summed E-state index contributed by atoms with van der Waals surface area (Å²) in [5.74, 6) is 1.41. The molecule has 24 heavy (non-hydrogen) atoms. The van der Waals surface area contributed by atoms with E-state index in [9.17, 15) is 0 Å². The van der Waals surface area contributed by atoms with E-state index in [0.717, 1.165) is 25.2 Å². The topological polar surface area (TPSA) is 0 Å². The Morgan fingerprint density at radius 2 is 1.54 bits per heavy atom. The van der Waals surface area contributed by atoms with Crippen molar-refractivity contribution >= 4 is 0 Å². The molecule has 0 aromatic heterocycles. The molecule has 0 aliphatic carbocycles. The third kappa shape index (κ3) is 11.5. The fourth-order valence-corrected chi connectivity index (χ4v) is 2.97. The minimum Gasteiger partial charge on any atom is -0.0855 e. The van der Waals surface area contributed by atoms with Gasteiger partial charge in [0.05, 0.1) is 0 Å². The van der Waals surface area contributed by atoms with Gasteiger partial charge in [-0.05, 0) is 68.9 Å². The van der Waals surface area contributed by atoms with Gasteiger partial charge in [0.2, 0.25) is 0 Å². The predicted octanol–water partition coefficient (Wildman–Crippen LogP) is 8.42. The van der Waals surface area contributed by atoms with Crippen LogP contribution < -0.4 is 0 Å². The van der Waals surface area contributed by atoms with Crippen molar-refractivity contribution in [3.63, 3.8) is 0 Å². The maximum absolute atomic E-state index is 2.47. The molecule has 0 aromatic rings. The summed E-state index contributed by atoms with van der Waals surface area (Å²) in [6.07, 6.45) is 16.6. The van der Waals surface area contributed by atoms with Gasteiger partial charge < -0.3 is 0 Å². The van der Waals surface area contributed by atoms with E-state index < -0.39 is 0 Å². The van der Waals surface area contributed by atoms with E-state index in [4.69, 9.17) is 0 Å². The summed E-state index contributed by atoms with van der Waals surface area (Å²) in [4.78, 5) is 0. The molecule has 0 aliphatic rings. The van der Waals surface area contributed by atoms with Crippen LogP contribution in [0.3, 0.4) is 0 Å². The average Bonchev–Trinajstić information content (AvgIpc) is 2.45. The Morgan fingerprint density at radius 1 is 0.875 bits per heavy atom. The zero-order valence-corrected chi connectivity index (χ0v) is 17.7. The van der Waals surface area contributed by atoms with Gasteiger partial charge in [0.15, 0.2) is 0 Å². The van der Waals surface area contributed by atoms with E-state index >= 15 is 0 Å². The highest BCUT2D eigenvalue weighted by Gasteiger charge is 2.07. The summed E-state index contributed by atoms with van der Waals surface area (Å²) in [6, 6.07) is 0. The van der Waals surface area contributed by atoms with Crippen molar-refractivity contribution in [2.24, 2.45) is 11.8 Å². The lowest BCUT2D eigenvalue weighted by Crippen LogP contribution is -1.97. The van der Waals surface area contributed by atoms with Crippen LogP contribution in [0.5, 0.6) is 0 Å². The second-order valence-electron chi connectivity index (χ2n) is 8.06. The largest absolute Gasteiger partial charge is 0.0855 e. The van der Waals surface area contributed by atoms with E-state index in [0.29, 0.717) is 5.92 Å². The van der Waals surface area contributed by atoms with Crippen LogP contribution in [0.4, 0.5) is 0 Å². The Kier molecular flexibility index (Phi) is 12.7. The maximum Gasteiger partial charge on any atom is -0.00673 e. The van der Waals surface area contributed by atoms with Gasteiger partial charge in [0, 0.05) is 0 Å². The van der Waals surface area contributed by atoms with Crippen molar-refractivity contribution in [2.45, 2.75) is 93.9 Å². The molecule has 0 atom stereocenters. The van der Waals surface area contributed by atoms with Crippen LogP contribution in [0.2, 0.25) is 0 Å². The summed E-state index contributed by atoms with van der Waals surface area (Å²) >= 11 is 0. The first-order valence-corrected chi connectivity index (χ1v) is 10.0. The highest BCUT2D eigenvalue weighted by Crippen LogP contribution is 2.25. The Bertz CT molecular complexity index is 452. The zero-order valence-electron chi connectivity index (χ0n) is 17.7. The molecular weight excluding hydrogens is 288 g/mol. The first-order valence-electron chi connectivity index (χ1n) is 10.0. The predicted molar refractivity (Wildman–Crippen MR) is 112 cm³/mol. The molecule has 0 bridgehead atoms. The van der Waals surface area contributed by atoms with Crippen molar-refractivity contribution in [2.75, 3.05) is 0 Å². The molecule has 0 heteroatoms. The van der Waals surface area contributed by atoms with E-state index in [2.05, 4.69) is 79.7 Å². The summed E-state index contributed by atoms with van der Waals surface area (Å²) < 4.78 is 0. The minimum atomic E-state index is 0.689. The van der Waals surface area contributed by atoms with Crippen molar-refractivity contribution < 1.29 is 0 Å². The van der Waals surface area contributed by atoms with Gasteiger partial charge in [0.25, 0.3) is 0 Å². The van der Waals surface area contributed by atoms with E-state index in [1.807, 2.05) is 0 Å². The van der Waals surface area contributed by atoms with E-state index in [1.165, 1.54) is 36.0 Å². The summed E-state index contributed by atoms with van der Waals surface area (Å²) in [6.45, 7) is 18.3. The first kappa shape index (κ1) is 23.0. The standard InChI is InChI=1S/C24H42/c1-9-12-21(7)17-23(15-11-14-19(3)4)24(16-20(5)6)18-22(8)13-10-2/h11-12,15,18-20H,9-10,13-14,16-17H2,1-8H3. The van der Waals surface area contributed by atoms with Crippen molar-refractivity contribution in [3.05, 3.63) is 46.6 Å². The quantitative estimate of drug-likeness (QED) is 0.263. The van der Waals surface area contributed by atoms with Crippen LogP contribution in [0.1, 0.15) is 93.9 Å². The molecule has 0 saturated heterocycles. The molecule has 0 amide bonds. The fourth-order valence-electron chi connectivity index (χ4n) is 2.97. The summed E-state index contributed by atoms with van der Waals surface area (Å²) in [5.41, 5.74) is 6.06. The molecule has 0 N–H and O–H groups in total. The monoisotopic (exact) mass is 330 g/mol. The lowest BCUT2D eigenvalue weighted by Gasteiger charge is -2.14. The average molecular weight is 331 g/mol. The van der Waals surface area contributed by atoms with E-state index in [1.54, 1.807) is 5.57 Å². The molecule has 0 aromatic carbocycles. The lowest BCUT2D eigenvalue weighted by molar-refractivity contribution is 0.644. The highest BCUT2D eigenvalue weighted by atomic mass is 14.1. The molecule has 0 aliphatic heterocycles. The van der Waals surface area contributed by atoms with Crippen LogP contribution >= 0.6 is 0 Å². The molecule has 0 rings (SSSR count). The number of allylic oxidation sites excluding steroid dienone is 8. The molecule has 0 fully saturated rings. The number of hydrogen-bond donors (Lipinski definition) is 0. The molecule has 0 nitrogen and oxygen atoms in total. The van der Waals surface area contributed by atoms with Gasteiger partial charge in [-0.15, -0.1) is 0 Å². The van der Waals surface area contributed by atoms with Crippen molar-refractivity contribution in [1.82, 2.24) is 0 Å². The summed E-state index contributed by atoms with van der Waals surface area (Å²) in [5, 5.41) is 0. The molecule has 138 valence electrons. The fraction of sp³-hybridized carbons (Fsp3) is 0.667. The Morgan fingerprint density at radius 3 is 2.04 bits per heavy atom. The van der Waals surface area contributed by atoms with Crippen molar-refractivity contribution in [3.8, 4) is 0 Å². The Balaban J connectivity index is 5.75. The van der Waals surface area contributed by atoms with Gasteiger partial charge in [-0.1, -0.05) is 83.4 Å². The highest BCUT2D eigenvalue weighted by molar-refractivity contribution is 5.38. The van der Waals surface area contributed by atoms with Gasteiger partial charge in [0.1, 0.15) is 0 Å². The molecule has 0 unspecified atom stereocenters. The zero-order chi connectivity index (χ0) is 18.5. The SMILES string of the molecule is CCC=C(C)CC(C=CCC(C)C)=C(C=C(C)CCC)CC(C)C. The number of rotatable bonds is 11. The van der Waals surface area contributed by atoms with Crippen LogP contribution in [0.25, 0.3) is 0 Å². The molecule has 0 spiro atoms. The van der Waals surface area contributed by atoms with Crippen LogP contribution in [0.15, 0.2) is 46.6 Å². The third-order valence-corrected chi connectivity index (χ3v) is 4.05. The Labute approximate surface area is 152 Å². The second kappa shape index (κ2) is 13.3. The molecule has 0 radical (unpaired) electrons. The molecule has 0 saturated carbocycles. The first-order chi connectivity index (χ1) is 11.3. The normalized spacial score (nSPS) is 14.9. The van der Waals surface area contributed by atoms with E-state index in [-0.39, 0.29) is 0 Å². The van der Waals surface area contributed by atoms with Crippen LogP contribution in [-0.2, 0) is 0 Å². The third-order valence-electron chi connectivity index (χ3n) is 4.05. The number of hydrogen-bond acceptors (Lipinski definition) is 0. The van der Waals surface area contributed by atoms with Crippen LogP contribution in [-0.4, -0.2) is 0 Å². The minimum absolute atomic E-state index is 0.689. The van der Waals surface area contributed by atoms with Gasteiger partial charge in [-0.2, -0.15) is 0 Å². The lowest BCUT2D eigenvalue weighted by atomic mass is 9.91. The van der Waals surface area contributed by atoms with Gasteiger partial charge >= 0.3 is 0 Å². The second-order valence-corrected chi connectivity index (χ2v) is 8.06. The van der Waals surface area contributed by atoms with Crippen molar-refractivity contribution in [1.29, 1.82) is 0 Å². The molecule has 0 heterocycles. The summed E-state index contributed by atoms with van der Waals surface area (Å²) in [7, 11) is 0. The molecular formula is C24H42. The smallest absolute Gasteiger partial charge is 0.00673 e.